The van der Waals surface area contributed by atoms with Crippen molar-refractivity contribution in [2.24, 2.45) is 0 Å². The monoisotopic (exact) mass is 335 g/mol. The molecule has 1 saturated heterocycles. The van der Waals surface area contributed by atoms with Gasteiger partial charge in [0.25, 0.3) is 5.91 Å². The summed E-state index contributed by atoms with van der Waals surface area (Å²) in [5.74, 6) is 0.0616. The first-order valence-corrected chi connectivity index (χ1v) is 9.35. The summed E-state index contributed by atoms with van der Waals surface area (Å²) in [6, 6.07) is 14.9. The van der Waals surface area contributed by atoms with Crippen molar-refractivity contribution in [1.82, 2.24) is 14.8 Å². The lowest BCUT2D eigenvalue weighted by molar-refractivity contribution is 0.0751. The molecule has 1 aromatic heterocycles. The summed E-state index contributed by atoms with van der Waals surface area (Å²) in [6.45, 7) is 3.61. The second-order valence-corrected chi connectivity index (χ2v) is 7.00. The number of pyridine rings is 1. The van der Waals surface area contributed by atoms with Crippen LogP contribution in [0.3, 0.4) is 0 Å². The molecule has 25 heavy (non-hydrogen) atoms. The van der Waals surface area contributed by atoms with Gasteiger partial charge in [0.15, 0.2) is 0 Å². The lowest BCUT2D eigenvalue weighted by Gasteiger charge is -2.35. The first kappa shape index (κ1) is 16.3. The second kappa shape index (κ2) is 7.36. The van der Waals surface area contributed by atoms with E-state index in [-0.39, 0.29) is 5.91 Å². The Kier molecular flexibility index (Phi) is 4.79. The van der Waals surface area contributed by atoms with Crippen LogP contribution in [0.2, 0.25) is 0 Å². The fourth-order valence-corrected chi connectivity index (χ4v) is 4.21. The standard InChI is InChI=1S/C21H25N3O/c25-21(19-10-3-4-12-22-19)24-14-6-13-23(15-16-24)20-11-5-8-17-7-1-2-9-18(17)20/h1-4,7,9-10,12,20H,5-6,8,11,13-16H2/t20-/m0/s1. The maximum absolute atomic E-state index is 12.7. The molecule has 1 fully saturated rings. The molecule has 2 aliphatic rings. The minimum absolute atomic E-state index is 0.0616. The SMILES string of the molecule is O=C(c1ccccn1)N1CCCN([C@H]2CCCc3ccccc32)CC1. The van der Waals surface area contributed by atoms with Gasteiger partial charge in [0, 0.05) is 38.4 Å². The van der Waals surface area contributed by atoms with Crippen molar-refractivity contribution in [1.29, 1.82) is 0 Å². The number of hydrogen-bond acceptors (Lipinski definition) is 3. The minimum atomic E-state index is 0.0616. The molecule has 1 amide bonds. The molecule has 2 aromatic rings. The molecule has 1 atom stereocenters. The van der Waals surface area contributed by atoms with E-state index < -0.39 is 0 Å². The van der Waals surface area contributed by atoms with E-state index in [0.717, 1.165) is 32.6 Å². The first-order chi connectivity index (χ1) is 12.3. The minimum Gasteiger partial charge on any atom is -0.336 e. The van der Waals surface area contributed by atoms with Gasteiger partial charge in [0.05, 0.1) is 0 Å². The Morgan fingerprint density at radius 1 is 0.960 bits per heavy atom. The average Bonchev–Trinajstić information content (AvgIpc) is 2.94. The predicted molar refractivity (Wildman–Crippen MR) is 98.5 cm³/mol. The van der Waals surface area contributed by atoms with E-state index in [2.05, 4.69) is 34.1 Å². The normalized spacial score (nSPS) is 21.4. The highest BCUT2D eigenvalue weighted by Gasteiger charge is 2.28. The van der Waals surface area contributed by atoms with Gasteiger partial charge in [-0.05, 0) is 48.9 Å². The quantitative estimate of drug-likeness (QED) is 0.845. The second-order valence-electron chi connectivity index (χ2n) is 7.00. The van der Waals surface area contributed by atoms with Crippen LogP contribution in [0.4, 0.5) is 0 Å². The molecule has 0 bridgehead atoms. The Morgan fingerprint density at radius 2 is 1.84 bits per heavy atom. The maximum atomic E-state index is 12.7. The van der Waals surface area contributed by atoms with Crippen LogP contribution < -0.4 is 0 Å². The summed E-state index contributed by atoms with van der Waals surface area (Å²) in [4.78, 5) is 21.5. The molecule has 0 unspecified atom stereocenters. The van der Waals surface area contributed by atoms with E-state index in [0.29, 0.717) is 11.7 Å². The Bertz CT molecular complexity index is 731. The van der Waals surface area contributed by atoms with Gasteiger partial charge in [-0.3, -0.25) is 14.7 Å². The van der Waals surface area contributed by atoms with Crippen LogP contribution in [-0.2, 0) is 6.42 Å². The Morgan fingerprint density at radius 3 is 2.72 bits per heavy atom. The molecule has 2 heterocycles. The Hall–Kier alpha value is -2.20. The number of rotatable bonds is 2. The van der Waals surface area contributed by atoms with E-state index >= 15 is 0 Å². The number of carbonyl (C=O) groups is 1. The number of benzene rings is 1. The van der Waals surface area contributed by atoms with Crippen LogP contribution in [-0.4, -0.2) is 46.9 Å². The molecule has 1 aliphatic carbocycles. The van der Waals surface area contributed by atoms with E-state index in [1.807, 2.05) is 23.1 Å². The number of nitrogens with zero attached hydrogens (tertiary/aromatic N) is 3. The van der Waals surface area contributed by atoms with Crippen molar-refractivity contribution >= 4 is 5.91 Å². The van der Waals surface area contributed by atoms with Crippen molar-refractivity contribution in [3.63, 3.8) is 0 Å². The largest absolute Gasteiger partial charge is 0.336 e. The Balaban J connectivity index is 1.46. The number of aromatic nitrogens is 1. The summed E-state index contributed by atoms with van der Waals surface area (Å²) in [5, 5.41) is 0. The Labute approximate surface area is 149 Å². The van der Waals surface area contributed by atoms with Crippen LogP contribution in [0.5, 0.6) is 0 Å². The lowest BCUT2D eigenvalue weighted by Crippen LogP contribution is -2.37. The predicted octanol–water partition coefficient (Wildman–Crippen LogP) is 3.31. The van der Waals surface area contributed by atoms with E-state index in [1.165, 1.54) is 30.4 Å². The van der Waals surface area contributed by atoms with Gasteiger partial charge in [-0.25, -0.2) is 0 Å². The smallest absolute Gasteiger partial charge is 0.272 e. The van der Waals surface area contributed by atoms with E-state index in [4.69, 9.17) is 0 Å². The van der Waals surface area contributed by atoms with Gasteiger partial charge >= 0.3 is 0 Å². The summed E-state index contributed by atoms with van der Waals surface area (Å²) in [6.07, 6.45) is 6.40. The molecule has 0 saturated carbocycles. The van der Waals surface area contributed by atoms with Crippen molar-refractivity contribution in [2.45, 2.75) is 31.7 Å². The van der Waals surface area contributed by atoms with Crippen molar-refractivity contribution < 1.29 is 4.79 Å². The number of fused-ring (bicyclic) bond motifs is 1. The first-order valence-electron chi connectivity index (χ1n) is 9.35. The van der Waals surface area contributed by atoms with Gasteiger partial charge in [-0.15, -0.1) is 0 Å². The molecule has 130 valence electrons. The molecular weight excluding hydrogens is 310 g/mol. The van der Waals surface area contributed by atoms with Gasteiger partial charge in [0.1, 0.15) is 5.69 Å². The summed E-state index contributed by atoms with van der Waals surface area (Å²) >= 11 is 0. The van der Waals surface area contributed by atoms with Crippen molar-refractivity contribution in [3.05, 3.63) is 65.5 Å². The van der Waals surface area contributed by atoms with Crippen LogP contribution in [0.1, 0.15) is 46.9 Å². The molecule has 0 radical (unpaired) electrons. The maximum Gasteiger partial charge on any atom is 0.272 e. The fourth-order valence-electron chi connectivity index (χ4n) is 4.21. The zero-order valence-electron chi connectivity index (χ0n) is 14.6. The van der Waals surface area contributed by atoms with E-state index in [1.54, 1.807) is 6.20 Å². The third-order valence-electron chi connectivity index (χ3n) is 5.48. The number of carbonyl (C=O) groups excluding carboxylic acids is 1. The lowest BCUT2D eigenvalue weighted by atomic mass is 9.87. The van der Waals surface area contributed by atoms with E-state index in [9.17, 15) is 4.79 Å². The molecule has 1 aromatic carbocycles. The third-order valence-corrected chi connectivity index (χ3v) is 5.48. The number of amides is 1. The zero-order chi connectivity index (χ0) is 17.1. The highest BCUT2D eigenvalue weighted by Crippen LogP contribution is 2.34. The van der Waals surface area contributed by atoms with Crippen molar-refractivity contribution in [2.75, 3.05) is 26.2 Å². The van der Waals surface area contributed by atoms with Crippen LogP contribution in [0.25, 0.3) is 0 Å². The molecule has 0 spiro atoms. The zero-order valence-corrected chi connectivity index (χ0v) is 14.6. The highest BCUT2D eigenvalue weighted by atomic mass is 16.2. The van der Waals surface area contributed by atoms with Crippen LogP contribution in [0, 0.1) is 0 Å². The van der Waals surface area contributed by atoms with Gasteiger partial charge in [-0.1, -0.05) is 30.3 Å². The van der Waals surface area contributed by atoms with Gasteiger partial charge in [-0.2, -0.15) is 0 Å². The van der Waals surface area contributed by atoms with Crippen LogP contribution in [0.15, 0.2) is 48.7 Å². The average molecular weight is 335 g/mol. The summed E-state index contributed by atoms with van der Waals surface area (Å²) in [5.41, 5.74) is 3.56. The number of aryl methyl sites for hydroxylation is 1. The summed E-state index contributed by atoms with van der Waals surface area (Å²) < 4.78 is 0. The molecular formula is C21H25N3O. The molecule has 4 heteroatoms. The molecule has 4 rings (SSSR count). The molecule has 1 aliphatic heterocycles. The number of hydrogen-bond donors (Lipinski definition) is 0. The van der Waals surface area contributed by atoms with Gasteiger partial charge < -0.3 is 4.90 Å². The van der Waals surface area contributed by atoms with Crippen molar-refractivity contribution in [3.8, 4) is 0 Å². The summed E-state index contributed by atoms with van der Waals surface area (Å²) in [7, 11) is 0. The van der Waals surface area contributed by atoms with Gasteiger partial charge in [0.2, 0.25) is 0 Å². The third kappa shape index (κ3) is 3.45. The van der Waals surface area contributed by atoms with Crippen LogP contribution >= 0.6 is 0 Å². The molecule has 0 N–H and O–H groups in total. The highest BCUT2D eigenvalue weighted by molar-refractivity contribution is 5.92. The molecule has 4 nitrogen and oxygen atoms in total. The topological polar surface area (TPSA) is 36.4 Å². The fraction of sp³-hybridized carbons (Fsp3) is 0.429.